The lowest BCUT2D eigenvalue weighted by atomic mass is 9.77. The molecule has 3 fully saturated rings. The van der Waals surface area contributed by atoms with Gasteiger partial charge >= 0.3 is 0 Å². The van der Waals surface area contributed by atoms with Crippen molar-refractivity contribution in [1.29, 1.82) is 0 Å². The molecule has 1 unspecified atom stereocenters. The fourth-order valence-electron chi connectivity index (χ4n) is 3.65. The fraction of sp³-hybridized carbons (Fsp3) is 1.00. The Morgan fingerprint density at radius 3 is 2.55 bits per heavy atom. The molecule has 3 rings (SSSR count). The molecule has 1 N–H and O–H groups in total. The zero-order valence-corrected chi connectivity index (χ0v) is 13.0. The summed E-state index contributed by atoms with van der Waals surface area (Å²) in [6, 6.07) is 0.780. The van der Waals surface area contributed by atoms with Crippen molar-refractivity contribution in [3.05, 3.63) is 0 Å². The van der Waals surface area contributed by atoms with Crippen molar-refractivity contribution >= 4 is 0 Å². The van der Waals surface area contributed by atoms with Gasteiger partial charge in [0.1, 0.15) is 0 Å². The molecular weight excluding hydrogens is 250 g/mol. The van der Waals surface area contributed by atoms with Crippen molar-refractivity contribution in [3.8, 4) is 0 Å². The van der Waals surface area contributed by atoms with E-state index < -0.39 is 0 Å². The van der Waals surface area contributed by atoms with Gasteiger partial charge in [0.15, 0.2) is 0 Å². The first-order chi connectivity index (χ1) is 9.80. The Hall–Kier alpha value is -0.120. The molecule has 1 aliphatic heterocycles. The molecule has 0 spiro atoms. The smallest absolute Gasteiger partial charge is 0.0809 e. The van der Waals surface area contributed by atoms with Crippen LogP contribution in [-0.4, -0.2) is 37.5 Å². The molecule has 20 heavy (non-hydrogen) atoms. The van der Waals surface area contributed by atoms with E-state index in [-0.39, 0.29) is 5.60 Å². The SMILES string of the molecule is CCC1CCC(CNC2CC2)(OCC2CCCO2)CC1. The number of rotatable bonds is 7. The van der Waals surface area contributed by atoms with Gasteiger partial charge in [-0.05, 0) is 57.3 Å². The first kappa shape index (κ1) is 14.8. The largest absolute Gasteiger partial charge is 0.376 e. The van der Waals surface area contributed by atoms with E-state index in [1.165, 1.54) is 57.8 Å². The third-order valence-electron chi connectivity index (χ3n) is 5.48. The highest BCUT2D eigenvalue weighted by Crippen LogP contribution is 2.37. The van der Waals surface area contributed by atoms with Gasteiger partial charge in [-0.15, -0.1) is 0 Å². The second-order valence-corrected chi connectivity index (χ2v) is 7.14. The Kier molecular flexibility index (Phi) is 5.00. The van der Waals surface area contributed by atoms with E-state index in [1.54, 1.807) is 0 Å². The summed E-state index contributed by atoms with van der Waals surface area (Å²) in [5, 5.41) is 3.71. The summed E-state index contributed by atoms with van der Waals surface area (Å²) in [7, 11) is 0. The summed E-state index contributed by atoms with van der Waals surface area (Å²) in [6.07, 6.45) is 12.0. The summed E-state index contributed by atoms with van der Waals surface area (Å²) >= 11 is 0. The van der Waals surface area contributed by atoms with E-state index in [1.807, 2.05) is 0 Å². The minimum atomic E-state index is 0.0974. The Balaban J connectivity index is 1.51. The van der Waals surface area contributed by atoms with Crippen LogP contribution in [0.2, 0.25) is 0 Å². The molecule has 0 radical (unpaired) electrons. The van der Waals surface area contributed by atoms with E-state index >= 15 is 0 Å². The van der Waals surface area contributed by atoms with Crippen molar-refractivity contribution in [3.63, 3.8) is 0 Å². The summed E-state index contributed by atoms with van der Waals surface area (Å²) in [5.74, 6) is 0.926. The maximum absolute atomic E-state index is 6.44. The summed E-state index contributed by atoms with van der Waals surface area (Å²) in [5.41, 5.74) is 0.0974. The summed E-state index contributed by atoms with van der Waals surface area (Å²) in [6.45, 7) is 5.12. The molecule has 3 heteroatoms. The van der Waals surface area contributed by atoms with Gasteiger partial charge in [0.05, 0.1) is 18.3 Å². The standard InChI is InChI=1S/C17H31NO2/c1-2-14-7-9-17(10-8-14,13-18-15-5-6-15)20-12-16-4-3-11-19-16/h14-16,18H,2-13H2,1H3. The highest BCUT2D eigenvalue weighted by Gasteiger charge is 2.38. The Morgan fingerprint density at radius 1 is 1.15 bits per heavy atom. The Labute approximate surface area is 123 Å². The van der Waals surface area contributed by atoms with E-state index in [0.717, 1.165) is 31.7 Å². The van der Waals surface area contributed by atoms with Crippen LogP contribution < -0.4 is 5.32 Å². The molecule has 1 heterocycles. The lowest BCUT2D eigenvalue weighted by Gasteiger charge is -2.41. The van der Waals surface area contributed by atoms with Crippen molar-refractivity contribution < 1.29 is 9.47 Å². The molecule has 0 aromatic rings. The molecule has 3 nitrogen and oxygen atoms in total. The van der Waals surface area contributed by atoms with Crippen LogP contribution in [0.4, 0.5) is 0 Å². The normalized spacial score (nSPS) is 38.2. The number of hydrogen-bond acceptors (Lipinski definition) is 3. The molecule has 0 aromatic heterocycles. The van der Waals surface area contributed by atoms with Gasteiger partial charge in [0, 0.05) is 19.2 Å². The highest BCUT2D eigenvalue weighted by molar-refractivity contribution is 4.93. The minimum absolute atomic E-state index is 0.0974. The predicted molar refractivity (Wildman–Crippen MR) is 80.9 cm³/mol. The van der Waals surface area contributed by atoms with Crippen LogP contribution >= 0.6 is 0 Å². The molecule has 116 valence electrons. The zero-order chi connectivity index (χ0) is 13.8. The maximum atomic E-state index is 6.44. The van der Waals surface area contributed by atoms with Crippen LogP contribution in [0.3, 0.4) is 0 Å². The molecule has 0 bridgehead atoms. The van der Waals surface area contributed by atoms with Crippen molar-refractivity contribution in [1.82, 2.24) is 5.32 Å². The second kappa shape index (κ2) is 6.76. The molecule has 3 aliphatic rings. The second-order valence-electron chi connectivity index (χ2n) is 7.14. The molecule has 0 aromatic carbocycles. The van der Waals surface area contributed by atoms with Gasteiger partial charge < -0.3 is 14.8 Å². The zero-order valence-electron chi connectivity index (χ0n) is 13.0. The predicted octanol–water partition coefficient (Wildman–Crippen LogP) is 3.27. The van der Waals surface area contributed by atoms with Gasteiger partial charge in [-0.1, -0.05) is 13.3 Å². The molecule has 1 atom stereocenters. The van der Waals surface area contributed by atoms with E-state index in [9.17, 15) is 0 Å². The van der Waals surface area contributed by atoms with Gasteiger partial charge in [-0.25, -0.2) is 0 Å². The van der Waals surface area contributed by atoms with Crippen LogP contribution in [-0.2, 0) is 9.47 Å². The van der Waals surface area contributed by atoms with Gasteiger partial charge in [-0.2, -0.15) is 0 Å². The quantitative estimate of drug-likeness (QED) is 0.777. The Morgan fingerprint density at radius 2 is 1.95 bits per heavy atom. The average Bonchev–Trinajstić information content (AvgIpc) is 3.18. The highest BCUT2D eigenvalue weighted by atomic mass is 16.5. The third kappa shape index (κ3) is 3.96. The third-order valence-corrected chi connectivity index (χ3v) is 5.48. The lowest BCUT2D eigenvalue weighted by molar-refractivity contribution is -0.106. The molecule has 0 amide bonds. The first-order valence-corrected chi connectivity index (χ1v) is 8.78. The fourth-order valence-corrected chi connectivity index (χ4v) is 3.65. The van der Waals surface area contributed by atoms with Crippen LogP contribution in [0.5, 0.6) is 0 Å². The molecule has 2 saturated carbocycles. The van der Waals surface area contributed by atoms with E-state index in [4.69, 9.17) is 9.47 Å². The Bertz CT molecular complexity index is 289. The number of hydrogen-bond donors (Lipinski definition) is 1. The van der Waals surface area contributed by atoms with Crippen LogP contribution in [0, 0.1) is 5.92 Å². The van der Waals surface area contributed by atoms with E-state index in [2.05, 4.69) is 12.2 Å². The number of nitrogens with one attached hydrogen (secondary N) is 1. The lowest BCUT2D eigenvalue weighted by Crippen LogP contribution is -2.47. The van der Waals surface area contributed by atoms with E-state index in [0.29, 0.717) is 6.10 Å². The van der Waals surface area contributed by atoms with Crippen molar-refractivity contribution in [2.45, 2.75) is 82.5 Å². The maximum Gasteiger partial charge on any atom is 0.0809 e. The van der Waals surface area contributed by atoms with Crippen molar-refractivity contribution in [2.24, 2.45) is 5.92 Å². The van der Waals surface area contributed by atoms with Gasteiger partial charge in [0.25, 0.3) is 0 Å². The summed E-state index contributed by atoms with van der Waals surface area (Å²) < 4.78 is 12.2. The summed E-state index contributed by atoms with van der Waals surface area (Å²) in [4.78, 5) is 0. The molecule has 1 saturated heterocycles. The minimum Gasteiger partial charge on any atom is -0.376 e. The van der Waals surface area contributed by atoms with Gasteiger partial charge in [0.2, 0.25) is 0 Å². The van der Waals surface area contributed by atoms with Crippen LogP contribution in [0.25, 0.3) is 0 Å². The first-order valence-electron chi connectivity index (χ1n) is 8.78. The molecular formula is C17H31NO2. The molecule has 2 aliphatic carbocycles. The average molecular weight is 281 g/mol. The topological polar surface area (TPSA) is 30.5 Å². The van der Waals surface area contributed by atoms with Crippen molar-refractivity contribution in [2.75, 3.05) is 19.8 Å². The number of ether oxygens (including phenoxy) is 2. The van der Waals surface area contributed by atoms with Crippen LogP contribution in [0.15, 0.2) is 0 Å². The monoisotopic (exact) mass is 281 g/mol. The van der Waals surface area contributed by atoms with Gasteiger partial charge in [-0.3, -0.25) is 0 Å². The van der Waals surface area contributed by atoms with Crippen LogP contribution in [0.1, 0.15) is 64.7 Å².